The molecule has 0 atom stereocenters. The van der Waals surface area contributed by atoms with Gasteiger partial charge in [0.05, 0.1) is 13.1 Å². The average molecular weight is 423 g/mol. The van der Waals surface area contributed by atoms with Crippen molar-refractivity contribution in [2.45, 2.75) is 13.1 Å². The zero-order valence-electron chi connectivity index (χ0n) is 17.1. The molecule has 1 saturated heterocycles. The molecule has 3 heterocycles. The number of hydrogen-bond donors (Lipinski definition) is 3. The Kier molecular flexibility index (Phi) is 6.70. The van der Waals surface area contributed by atoms with E-state index in [0.717, 1.165) is 32.7 Å². The Morgan fingerprint density at radius 1 is 1.16 bits per heavy atom. The summed E-state index contributed by atoms with van der Waals surface area (Å²) < 4.78 is 5.47. The zero-order chi connectivity index (χ0) is 21.5. The van der Waals surface area contributed by atoms with Gasteiger partial charge >= 0.3 is 5.69 Å². The number of piperazine rings is 1. The summed E-state index contributed by atoms with van der Waals surface area (Å²) in [7, 11) is 0. The number of carbonyl (C=O) groups is 1. The molecular weight excluding hydrogens is 398 g/mol. The number of oxazole rings is 1. The van der Waals surface area contributed by atoms with E-state index < -0.39 is 5.69 Å². The molecule has 0 aliphatic carbocycles. The molecule has 31 heavy (non-hydrogen) atoms. The molecule has 4 rings (SSSR count). The zero-order valence-corrected chi connectivity index (χ0v) is 17.1. The summed E-state index contributed by atoms with van der Waals surface area (Å²) in [6, 6.07) is 10.3. The highest BCUT2D eigenvalue weighted by Crippen LogP contribution is 2.10. The third kappa shape index (κ3) is 6.00. The molecule has 1 aliphatic rings. The van der Waals surface area contributed by atoms with Gasteiger partial charge in [-0.2, -0.15) is 5.10 Å². The fourth-order valence-electron chi connectivity index (χ4n) is 3.35. The van der Waals surface area contributed by atoms with Gasteiger partial charge in [0.2, 0.25) is 5.89 Å². The van der Waals surface area contributed by atoms with Crippen molar-refractivity contribution in [3.05, 3.63) is 76.1 Å². The summed E-state index contributed by atoms with van der Waals surface area (Å²) in [6.45, 7) is 5.34. The lowest BCUT2D eigenvalue weighted by Gasteiger charge is -2.33. The first-order chi connectivity index (χ1) is 15.2. The standard InChI is InChI=1S/C21H25N7O3/c29-20(22-13-18-24-21(30)26-25-18)17-15-31-19(23-17)14-28-11-9-27(10-12-28)8-4-7-16-5-2-1-3-6-16/h1-7,15H,8-14H2,(H,22,29)(H2,24,25,26,30). The molecule has 1 aliphatic heterocycles. The molecule has 1 amide bonds. The first-order valence-electron chi connectivity index (χ1n) is 10.2. The minimum Gasteiger partial charge on any atom is -0.447 e. The highest BCUT2D eigenvalue weighted by molar-refractivity contribution is 5.91. The summed E-state index contributed by atoms with van der Waals surface area (Å²) in [4.78, 5) is 34.6. The summed E-state index contributed by atoms with van der Waals surface area (Å²) in [5, 5.41) is 8.62. The molecule has 162 valence electrons. The van der Waals surface area contributed by atoms with Crippen molar-refractivity contribution in [2.75, 3.05) is 32.7 Å². The molecule has 0 unspecified atom stereocenters. The maximum atomic E-state index is 12.2. The summed E-state index contributed by atoms with van der Waals surface area (Å²) in [6.07, 6.45) is 5.70. The molecule has 3 aromatic rings. The van der Waals surface area contributed by atoms with Crippen LogP contribution in [0.5, 0.6) is 0 Å². The van der Waals surface area contributed by atoms with Crippen LogP contribution in [-0.4, -0.2) is 68.6 Å². The minimum absolute atomic E-state index is 0.0977. The Labute approximate surface area is 179 Å². The number of carbonyl (C=O) groups excluding carboxylic acids is 1. The molecule has 0 spiro atoms. The molecule has 2 aromatic heterocycles. The summed E-state index contributed by atoms with van der Waals surface area (Å²) in [5.41, 5.74) is 1.00. The first kappa shape index (κ1) is 20.8. The summed E-state index contributed by atoms with van der Waals surface area (Å²) >= 11 is 0. The molecule has 1 fully saturated rings. The summed E-state index contributed by atoms with van der Waals surface area (Å²) in [5.74, 6) is 0.475. The van der Waals surface area contributed by atoms with Gasteiger partial charge in [-0.3, -0.25) is 19.6 Å². The van der Waals surface area contributed by atoms with E-state index in [1.807, 2.05) is 18.2 Å². The fraction of sp³-hybridized carbons (Fsp3) is 0.333. The molecule has 0 radical (unpaired) electrons. The molecule has 10 nitrogen and oxygen atoms in total. The van der Waals surface area contributed by atoms with Crippen LogP contribution in [0.15, 0.2) is 51.9 Å². The first-order valence-corrected chi connectivity index (χ1v) is 10.2. The Morgan fingerprint density at radius 2 is 1.94 bits per heavy atom. The largest absolute Gasteiger partial charge is 0.447 e. The van der Waals surface area contributed by atoms with Crippen LogP contribution in [0.4, 0.5) is 0 Å². The van der Waals surface area contributed by atoms with Crippen LogP contribution in [-0.2, 0) is 13.1 Å². The highest BCUT2D eigenvalue weighted by atomic mass is 16.3. The second kappa shape index (κ2) is 10.0. The number of hydrogen-bond acceptors (Lipinski definition) is 7. The van der Waals surface area contributed by atoms with Crippen LogP contribution in [0.25, 0.3) is 6.08 Å². The van der Waals surface area contributed by atoms with Crippen molar-refractivity contribution < 1.29 is 9.21 Å². The third-order valence-electron chi connectivity index (χ3n) is 5.05. The number of aromatic nitrogens is 4. The molecular formula is C21H25N7O3. The number of rotatable bonds is 8. The SMILES string of the molecule is O=C(NCc1n[nH]c(=O)[nH]1)c1coc(CN2CCN(CC=Cc3ccccc3)CC2)n1. The van der Waals surface area contributed by atoms with E-state index in [0.29, 0.717) is 18.3 Å². The number of benzene rings is 1. The normalized spacial score (nSPS) is 15.5. The van der Waals surface area contributed by atoms with Crippen molar-refractivity contribution in [1.82, 2.24) is 35.3 Å². The quantitative estimate of drug-likeness (QED) is 0.491. The van der Waals surface area contributed by atoms with Crippen molar-refractivity contribution in [1.29, 1.82) is 0 Å². The van der Waals surface area contributed by atoms with Crippen LogP contribution in [0.1, 0.15) is 27.8 Å². The molecule has 0 bridgehead atoms. The maximum absolute atomic E-state index is 12.2. The fourth-order valence-corrected chi connectivity index (χ4v) is 3.35. The van der Waals surface area contributed by atoms with Crippen LogP contribution in [0.2, 0.25) is 0 Å². The second-order valence-corrected chi connectivity index (χ2v) is 7.32. The van der Waals surface area contributed by atoms with E-state index >= 15 is 0 Å². The van der Waals surface area contributed by atoms with Crippen LogP contribution in [0.3, 0.4) is 0 Å². The smallest absolute Gasteiger partial charge is 0.340 e. The number of amides is 1. The highest BCUT2D eigenvalue weighted by Gasteiger charge is 2.19. The lowest BCUT2D eigenvalue weighted by molar-refractivity contribution is 0.0944. The van der Waals surface area contributed by atoms with Gasteiger partial charge in [-0.1, -0.05) is 42.5 Å². The third-order valence-corrected chi connectivity index (χ3v) is 5.05. The van der Waals surface area contributed by atoms with E-state index in [1.54, 1.807) is 0 Å². The predicted molar refractivity (Wildman–Crippen MR) is 114 cm³/mol. The van der Waals surface area contributed by atoms with E-state index in [2.05, 4.69) is 59.6 Å². The number of nitrogens with zero attached hydrogens (tertiary/aromatic N) is 4. The number of H-pyrrole nitrogens is 2. The Bertz CT molecular complexity index is 1060. The van der Waals surface area contributed by atoms with Crippen LogP contribution in [0, 0.1) is 0 Å². The number of nitrogens with one attached hydrogen (secondary N) is 3. The average Bonchev–Trinajstić information content (AvgIpc) is 3.43. The van der Waals surface area contributed by atoms with E-state index in [9.17, 15) is 9.59 Å². The van der Waals surface area contributed by atoms with Gasteiger partial charge in [-0.25, -0.2) is 14.9 Å². The van der Waals surface area contributed by atoms with E-state index in [-0.39, 0.29) is 18.1 Å². The van der Waals surface area contributed by atoms with Crippen molar-refractivity contribution in [2.24, 2.45) is 0 Å². The van der Waals surface area contributed by atoms with Gasteiger partial charge in [0.1, 0.15) is 12.1 Å². The maximum Gasteiger partial charge on any atom is 0.340 e. The molecule has 10 heteroatoms. The van der Waals surface area contributed by atoms with E-state index in [1.165, 1.54) is 11.8 Å². The van der Waals surface area contributed by atoms with Crippen molar-refractivity contribution in [3.8, 4) is 0 Å². The second-order valence-electron chi connectivity index (χ2n) is 7.32. The van der Waals surface area contributed by atoms with Gasteiger partial charge in [0.25, 0.3) is 5.91 Å². The Morgan fingerprint density at radius 3 is 2.68 bits per heavy atom. The van der Waals surface area contributed by atoms with Crippen LogP contribution < -0.4 is 11.0 Å². The lowest BCUT2D eigenvalue weighted by atomic mass is 10.2. The Hall–Kier alpha value is -3.50. The van der Waals surface area contributed by atoms with E-state index in [4.69, 9.17) is 4.42 Å². The lowest BCUT2D eigenvalue weighted by Crippen LogP contribution is -2.45. The van der Waals surface area contributed by atoms with Gasteiger partial charge in [-0.05, 0) is 5.56 Å². The molecule has 1 aromatic carbocycles. The van der Waals surface area contributed by atoms with Gasteiger partial charge in [0, 0.05) is 32.7 Å². The van der Waals surface area contributed by atoms with Crippen molar-refractivity contribution >= 4 is 12.0 Å². The molecule has 3 N–H and O–H groups in total. The van der Waals surface area contributed by atoms with Gasteiger partial charge in [0.15, 0.2) is 5.69 Å². The van der Waals surface area contributed by atoms with Crippen molar-refractivity contribution in [3.63, 3.8) is 0 Å². The molecule has 0 saturated carbocycles. The predicted octanol–water partition coefficient (Wildman–Crippen LogP) is 0.847. The van der Waals surface area contributed by atoms with Gasteiger partial charge < -0.3 is 9.73 Å². The van der Waals surface area contributed by atoms with Crippen LogP contribution >= 0.6 is 0 Å². The Balaban J connectivity index is 1.19. The number of aromatic amines is 2. The topological polar surface area (TPSA) is 123 Å². The van der Waals surface area contributed by atoms with Gasteiger partial charge in [-0.15, -0.1) is 0 Å². The minimum atomic E-state index is -0.416. The monoisotopic (exact) mass is 423 g/mol.